The minimum atomic E-state index is 0.128. The quantitative estimate of drug-likeness (QED) is 0.876. The standard InChI is InChI=1S/C15H20N2O2/c1-19-13-4-2-3-12(9-13)14(18)17-10-15(11-17)5-7-16-8-6-15/h2-4,9,16H,5-8,10-11H2,1H3. The van der Waals surface area contributed by atoms with Crippen LogP contribution in [0.15, 0.2) is 24.3 Å². The maximum Gasteiger partial charge on any atom is 0.254 e. The lowest BCUT2D eigenvalue weighted by Gasteiger charge is -2.52. The van der Waals surface area contributed by atoms with E-state index in [1.54, 1.807) is 7.11 Å². The van der Waals surface area contributed by atoms with E-state index in [2.05, 4.69) is 5.32 Å². The Kier molecular flexibility index (Phi) is 3.19. The molecule has 0 aliphatic carbocycles. The average molecular weight is 260 g/mol. The van der Waals surface area contributed by atoms with Crippen LogP contribution in [0.4, 0.5) is 0 Å². The molecule has 2 saturated heterocycles. The van der Waals surface area contributed by atoms with Crippen molar-refractivity contribution in [2.24, 2.45) is 5.41 Å². The van der Waals surface area contributed by atoms with Crippen LogP contribution in [0.1, 0.15) is 23.2 Å². The summed E-state index contributed by atoms with van der Waals surface area (Å²) in [5, 5.41) is 3.38. The molecule has 0 bridgehead atoms. The first-order chi connectivity index (χ1) is 9.22. The Hall–Kier alpha value is -1.55. The van der Waals surface area contributed by atoms with Gasteiger partial charge in [-0.1, -0.05) is 6.07 Å². The smallest absolute Gasteiger partial charge is 0.254 e. The molecule has 2 heterocycles. The van der Waals surface area contributed by atoms with Crippen molar-refractivity contribution in [3.05, 3.63) is 29.8 Å². The first-order valence-corrected chi connectivity index (χ1v) is 6.87. The largest absolute Gasteiger partial charge is 0.497 e. The molecule has 19 heavy (non-hydrogen) atoms. The number of piperidine rings is 1. The Morgan fingerprint density at radius 1 is 1.32 bits per heavy atom. The van der Waals surface area contributed by atoms with Crippen LogP contribution in [0.5, 0.6) is 5.75 Å². The molecule has 1 amide bonds. The summed E-state index contributed by atoms with van der Waals surface area (Å²) in [6, 6.07) is 7.40. The van der Waals surface area contributed by atoms with Crippen molar-refractivity contribution >= 4 is 5.91 Å². The number of hydrogen-bond donors (Lipinski definition) is 1. The van der Waals surface area contributed by atoms with Crippen molar-refractivity contribution in [2.75, 3.05) is 33.3 Å². The van der Waals surface area contributed by atoms with E-state index in [0.717, 1.165) is 37.5 Å². The van der Waals surface area contributed by atoms with Crippen molar-refractivity contribution in [1.29, 1.82) is 0 Å². The van der Waals surface area contributed by atoms with Crippen LogP contribution < -0.4 is 10.1 Å². The van der Waals surface area contributed by atoms with Crippen molar-refractivity contribution in [3.8, 4) is 5.75 Å². The summed E-state index contributed by atoms with van der Waals surface area (Å²) < 4.78 is 5.17. The van der Waals surface area contributed by atoms with Crippen molar-refractivity contribution in [3.63, 3.8) is 0 Å². The fourth-order valence-corrected chi connectivity index (χ4v) is 3.12. The molecule has 4 nitrogen and oxygen atoms in total. The lowest BCUT2D eigenvalue weighted by atomic mass is 9.72. The summed E-state index contributed by atoms with van der Waals surface area (Å²) in [4.78, 5) is 14.3. The predicted octanol–water partition coefficient (Wildman–Crippen LogP) is 1.52. The number of ether oxygens (including phenoxy) is 1. The third-order valence-corrected chi connectivity index (χ3v) is 4.32. The van der Waals surface area contributed by atoms with Gasteiger partial charge in [0.2, 0.25) is 0 Å². The van der Waals surface area contributed by atoms with Gasteiger partial charge in [-0.15, -0.1) is 0 Å². The highest BCUT2D eigenvalue weighted by Gasteiger charge is 2.45. The molecule has 0 unspecified atom stereocenters. The van der Waals surface area contributed by atoms with Crippen LogP contribution in [0.25, 0.3) is 0 Å². The van der Waals surface area contributed by atoms with Crippen LogP contribution in [-0.4, -0.2) is 44.1 Å². The number of rotatable bonds is 2. The molecule has 3 rings (SSSR count). The number of carbonyl (C=O) groups excluding carboxylic acids is 1. The lowest BCUT2D eigenvalue weighted by Crippen LogP contribution is -2.61. The molecule has 0 saturated carbocycles. The van der Waals surface area contributed by atoms with Gasteiger partial charge in [-0.2, -0.15) is 0 Å². The third-order valence-electron chi connectivity index (χ3n) is 4.32. The van der Waals surface area contributed by atoms with Crippen molar-refractivity contribution < 1.29 is 9.53 Å². The molecular formula is C15H20N2O2. The maximum absolute atomic E-state index is 12.4. The van der Waals surface area contributed by atoms with Gasteiger partial charge in [-0.3, -0.25) is 4.79 Å². The van der Waals surface area contributed by atoms with E-state index < -0.39 is 0 Å². The van der Waals surface area contributed by atoms with Crippen LogP contribution in [-0.2, 0) is 0 Å². The number of nitrogens with one attached hydrogen (secondary N) is 1. The first-order valence-electron chi connectivity index (χ1n) is 6.87. The number of carbonyl (C=O) groups is 1. The Morgan fingerprint density at radius 2 is 2.05 bits per heavy atom. The van der Waals surface area contributed by atoms with Gasteiger partial charge in [0, 0.05) is 24.1 Å². The third kappa shape index (κ3) is 2.32. The minimum absolute atomic E-state index is 0.128. The van der Waals surface area contributed by atoms with Gasteiger partial charge >= 0.3 is 0 Å². The summed E-state index contributed by atoms with van der Waals surface area (Å²) in [6.45, 7) is 3.98. The van der Waals surface area contributed by atoms with Crippen LogP contribution in [0, 0.1) is 5.41 Å². The zero-order valence-corrected chi connectivity index (χ0v) is 11.3. The Labute approximate surface area is 113 Å². The summed E-state index contributed by atoms with van der Waals surface area (Å²) in [6.07, 6.45) is 2.38. The van der Waals surface area contributed by atoms with Gasteiger partial charge in [-0.05, 0) is 44.1 Å². The number of amides is 1. The molecule has 0 atom stereocenters. The second-order valence-corrected chi connectivity index (χ2v) is 5.64. The van der Waals surface area contributed by atoms with E-state index in [1.807, 2.05) is 29.2 Å². The molecule has 1 aromatic carbocycles. The molecule has 0 aromatic heterocycles. The minimum Gasteiger partial charge on any atom is -0.497 e. The van der Waals surface area contributed by atoms with E-state index >= 15 is 0 Å². The zero-order chi connectivity index (χ0) is 13.3. The highest BCUT2D eigenvalue weighted by molar-refractivity contribution is 5.95. The molecule has 102 valence electrons. The van der Waals surface area contributed by atoms with Gasteiger partial charge in [0.15, 0.2) is 0 Å². The molecule has 1 aromatic rings. The number of hydrogen-bond acceptors (Lipinski definition) is 3. The maximum atomic E-state index is 12.4. The van der Waals surface area contributed by atoms with Gasteiger partial charge in [0.1, 0.15) is 5.75 Å². The van der Waals surface area contributed by atoms with Gasteiger partial charge in [-0.25, -0.2) is 0 Å². The molecular weight excluding hydrogens is 240 g/mol. The molecule has 2 aliphatic rings. The highest BCUT2D eigenvalue weighted by Crippen LogP contribution is 2.39. The van der Waals surface area contributed by atoms with Gasteiger partial charge in [0.25, 0.3) is 5.91 Å². The van der Waals surface area contributed by atoms with E-state index in [4.69, 9.17) is 4.74 Å². The summed E-state index contributed by atoms with van der Waals surface area (Å²) >= 11 is 0. The topological polar surface area (TPSA) is 41.6 Å². The lowest BCUT2D eigenvalue weighted by molar-refractivity contribution is -0.0113. The molecule has 4 heteroatoms. The molecule has 0 radical (unpaired) electrons. The predicted molar refractivity (Wildman–Crippen MR) is 73.4 cm³/mol. The summed E-state index contributed by atoms with van der Waals surface area (Å²) in [5.74, 6) is 0.867. The summed E-state index contributed by atoms with van der Waals surface area (Å²) in [5.41, 5.74) is 1.11. The fourth-order valence-electron chi connectivity index (χ4n) is 3.12. The van der Waals surface area contributed by atoms with E-state index in [-0.39, 0.29) is 5.91 Å². The Bertz CT molecular complexity index is 473. The second kappa shape index (κ2) is 4.85. The van der Waals surface area contributed by atoms with Crippen LogP contribution in [0.3, 0.4) is 0 Å². The number of nitrogens with zero attached hydrogens (tertiary/aromatic N) is 1. The average Bonchev–Trinajstić information content (AvgIpc) is 2.45. The molecule has 1 spiro atoms. The van der Waals surface area contributed by atoms with Gasteiger partial charge in [0.05, 0.1) is 7.11 Å². The Morgan fingerprint density at radius 3 is 2.74 bits per heavy atom. The van der Waals surface area contributed by atoms with E-state index in [1.165, 1.54) is 12.8 Å². The van der Waals surface area contributed by atoms with Crippen LogP contribution >= 0.6 is 0 Å². The zero-order valence-electron chi connectivity index (χ0n) is 11.3. The molecule has 1 N–H and O–H groups in total. The van der Waals surface area contributed by atoms with E-state index in [0.29, 0.717) is 5.41 Å². The highest BCUT2D eigenvalue weighted by atomic mass is 16.5. The van der Waals surface area contributed by atoms with Crippen molar-refractivity contribution in [2.45, 2.75) is 12.8 Å². The van der Waals surface area contributed by atoms with Crippen molar-refractivity contribution in [1.82, 2.24) is 10.2 Å². The first kappa shape index (κ1) is 12.5. The number of likely N-dealkylation sites (tertiary alicyclic amines) is 1. The normalized spacial score (nSPS) is 21.0. The molecule has 2 aliphatic heterocycles. The SMILES string of the molecule is COc1cccc(C(=O)N2CC3(CCNCC3)C2)c1. The number of benzene rings is 1. The Balaban J connectivity index is 1.66. The summed E-state index contributed by atoms with van der Waals surface area (Å²) in [7, 11) is 1.62. The monoisotopic (exact) mass is 260 g/mol. The molecule has 2 fully saturated rings. The van der Waals surface area contributed by atoms with E-state index in [9.17, 15) is 4.79 Å². The van der Waals surface area contributed by atoms with Crippen LogP contribution in [0.2, 0.25) is 0 Å². The number of methoxy groups -OCH3 is 1. The van der Waals surface area contributed by atoms with Gasteiger partial charge < -0.3 is 15.0 Å². The second-order valence-electron chi connectivity index (χ2n) is 5.64. The fraction of sp³-hybridized carbons (Fsp3) is 0.533.